The van der Waals surface area contributed by atoms with Crippen molar-refractivity contribution in [1.29, 1.82) is 0 Å². The highest BCUT2D eigenvalue weighted by molar-refractivity contribution is 5.27. The van der Waals surface area contributed by atoms with Crippen molar-refractivity contribution in [3.05, 3.63) is 29.8 Å². The first-order valence-electron chi connectivity index (χ1n) is 6.33. The molecule has 1 atom stereocenters. The Hall–Kier alpha value is -1.06. The summed E-state index contributed by atoms with van der Waals surface area (Å²) in [6.07, 6.45) is 2.59. The number of piperidine rings is 1. The summed E-state index contributed by atoms with van der Waals surface area (Å²) < 4.78 is 5.17. The Kier molecular flexibility index (Phi) is 4.40. The van der Waals surface area contributed by atoms with E-state index in [1.807, 2.05) is 12.1 Å². The summed E-state index contributed by atoms with van der Waals surface area (Å²) in [7, 11) is 3.91. The summed E-state index contributed by atoms with van der Waals surface area (Å²) in [5.41, 5.74) is 1.35. The van der Waals surface area contributed by atoms with E-state index < -0.39 is 0 Å². The summed E-state index contributed by atoms with van der Waals surface area (Å²) in [5.74, 6) is 0.927. The van der Waals surface area contributed by atoms with Gasteiger partial charge >= 0.3 is 0 Å². The highest BCUT2D eigenvalue weighted by atomic mass is 16.5. The van der Waals surface area contributed by atoms with Crippen LogP contribution in [0.1, 0.15) is 18.4 Å². The lowest BCUT2D eigenvalue weighted by Gasteiger charge is -2.31. The van der Waals surface area contributed by atoms with Gasteiger partial charge in [-0.15, -0.1) is 0 Å². The van der Waals surface area contributed by atoms with Crippen LogP contribution in [0.25, 0.3) is 0 Å². The van der Waals surface area contributed by atoms with E-state index >= 15 is 0 Å². The lowest BCUT2D eigenvalue weighted by atomic mass is 10.1. The SMILES string of the molecule is COc1ccc(CN(C)C2CCCNC2)cc1. The number of hydrogen-bond donors (Lipinski definition) is 1. The molecule has 1 N–H and O–H groups in total. The summed E-state index contributed by atoms with van der Waals surface area (Å²) in [5, 5.41) is 3.46. The monoisotopic (exact) mass is 234 g/mol. The van der Waals surface area contributed by atoms with Crippen LogP contribution in [0.5, 0.6) is 5.75 Å². The molecule has 17 heavy (non-hydrogen) atoms. The molecule has 0 aromatic heterocycles. The zero-order valence-corrected chi connectivity index (χ0v) is 10.8. The molecule has 1 unspecified atom stereocenters. The summed E-state index contributed by atoms with van der Waals surface area (Å²) in [6, 6.07) is 9.02. The minimum Gasteiger partial charge on any atom is -0.497 e. The molecule has 3 heteroatoms. The van der Waals surface area contributed by atoms with Crippen LogP contribution in [0, 0.1) is 0 Å². The highest BCUT2D eigenvalue weighted by Crippen LogP contribution is 2.15. The van der Waals surface area contributed by atoms with Gasteiger partial charge in [0, 0.05) is 19.1 Å². The van der Waals surface area contributed by atoms with Crippen molar-refractivity contribution in [2.45, 2.75) is 25.4 Å². The highest BCUT2D eigenvalue weighted by Gasteiger charge is 2.17. The molecule has 1 fully saturated rings. The molecule has 1 heterocycles. The predicted molar refractivity (Wildman–Crippen MR) is 70.4 cm³/mol. The molecule has 0 spiro atoms. The second kappa shape index (κ2) is 6.03. The Morgan fingerprint density at radius 2 is 2.12 bits per heavy atom. The van der Waals surface area contributed by atoms with Crippen molar-refractivity contribution >= 4 is 0 Å². The van der Waals surface area contributed by atoms with Gasteiger partial charge in [-0.25, -0.2) is 0 Å². The largest absolute Gasteiger partial charge is 0.497 e. The smallest absolute Gasteiger partial charge is 0.118 e. The number of nitrogens with zero attached hydrogens (tertiary/aromatic N) is 1. The zero-order valence-electron chi connectivity index (χ0n) is 10.8. The van der Waals surface area contributed by atoms with E-state index in [4.69, 9.17) is 4.74 Å². The van der Waals surface area contributed by atoms with Gasteiger partial charge in [0.1, 0.15) is 5.75 Å². The molecule has 0 bridgehead atoms. The second-order valence-corrected chi connectivity index (χ2v) is 4.76. The summed E-state index contributed by atoms with van der Waals surface area (Å²) >= 11 is 0. The fourth-order valence-electron chi connectivity index (χ4n) is 2.36. The van der Waals surface area contributed by atoms with E-state index in [2.05, 4.69) is 29.4 Å². The third-order valence-electron chi connectivity index (χ3n) is 3.49. The van der Waals surface area contributed by atoms with Crippen molar-refractivity contribution in [2.75, 3.05) is 27.2 Å². The van der Waals surface area contributed by atoms with Crippen LogP contribution in [0.3, 0.4) is 0 Å². The Morgan fingerprint density at radius 3 is 2.71 bits per heavy atom. The van der Waals surface area contributed by atoms with Gasteiger partial charge < -0.3 is 10.1 Å². The molecule has 94 valence electrons. The molecular formula is C14H22N2O. The van der Waals surface area contributed by atoms with Crippen LogP contribution < -0.4 is 10.1 Å². The van der Waals surface area contributed by atoms with Crippen molar-refractivity contribution in [3.63, 3.8) is 0 Å². The van der Waals surface area contributed by atoms with E-state index in [1.54, 1.807) is 7.11 Å². The van der Waals surface area contributed by atoms with E-state index in [0.717, 1.165) is 18.8 Å². The number of benzene rings is 1. The van der Waals surface area contributed by atoms with Gasteiger partial charge in [-0.2, -0.15) is 0 Å². The van der Waals surface area contributed by atoms with E-state index in [0.29, 0.717) is 6.04 Å². The first-order valence-corrected chi connectivity index (χ1v) is 6.33. The van der Waals surface area contributed by atoms with Gasteiger partial charge in [0.25, 0.3) is 0 Å². The standard InChI is InChI=1S/C14H22N2O/c1-16(13-4-3-9-15-10-13)11-12-5-7-14(17-2)8-6-12/h5-8,13,15H,3-4,9-11H2,1-2H3. The molecule has 0 radical (unpaired) electrons. The molecule has 0 amide bonds. The molecule has 1 saturated heterocycles. The molecule has 2 rings (SSSR count). The lowest BCUT2D eigenvalue weighted by Crippen LogP contribution is -2.43. The maximum atomic E-state index is 5.17. The predicted octanol–water partition coefficient (Wildman–Crippen LogP) is 1.88. The van der Waals surface area contributed by atoms with Crippen LogP contribution in [0.15, 0.2) is 24.3 Å². The number of rotatable bonds is 4. The lowest BCUT2D eigenvalue weighted by molar-refractivity contribution is 0.196. The molecular weight excluding hydrogens is 212 g/mol. The molecule has 3 nitrogen and oxygen atoms in total. The normalized spacial score (nSPS) is 20.5. The van der Waals surface area contributed by atoms with Crippen molar-refractivity contribution < 1.29 is 4.74 Å². The second-order valence-electron chi connectivity index (χ2n) is 4.76. The average molecular weight is 234 g/mol. The van der Waals surface area contributed by atoms with Gasteiger partial charge in [-0.3, -0.25) is 4.90 Å². The van der Waals surface area contributed by atoms with Crippen LogP contribution in [0.4, 0.5) is 0 Å². The Morgan fingerprint density at radius 1 is 1.35 bits per heavy atom. The van der Waals surface area contributed by atoms with E-state index in [1.165, 1.54) is 24.9 Å². The molecule has 0 aliphatic carbocycles. The van der Waals surface area contributed by atoms with Crippen molar-refractivity contribution in [3.8, 4) is 5.75 Å². The Balaban J connectivity index is 1.89. The van der Waals surface area contributed by atoms with Gasteiger partial charge in [0.15, 0.2) is 0 Å². The first kappa shape index (κ1) is 12.4. The summed E-state index contributed by atoms with van der Waals surface area (Å²) in [6.45, 7) is 3.30. The first-order chi connectivity index (χ1) is 8.29. The molecule has 0 saturated carbocycles. The van der Waals surface area contributed by atoms with Gasteiger partial charge in [0.05, 0.1) is 7.11 Å². The summed E-state index contributed by atoms with van der Waals surface area (Å²) in [4.78, 5) is 2.44. The van der Waals surface area contributed by atoms with Crippen molar-refractivity contribution in [2.24, 2.45) is 0 Å². The third-order valence-corrected chi connectivity index (χ3v) is 3.49. The van der Waals surface area contributed by atoms with Crippen LogP contribution in [0.2, 0.25) is 0 Å². The zero-order chi connectivity index (χ0) is 12.1. The number of methoxy groups -OCH3 is 1. The average Bonchev–Trinajstić information content (AvgIpc) is 2.40. The van der Waals surface area contributed by atoms with Crippen molar-refractivity contribution in [1.82, 2.24) is 10.2 Å². The minimum atomic E-state index is 0.672. The van der Waals surface area contributed by atoms with Gasteiger partial charge in [-0.1, -0.05) is 12.1 Å². The van der Waals surface area contributed by atoms with Crippen LogP contribution >= 0.6 is 0 Å². The van der Waals surface area contributed by atoms with Crippen LogP contribution in [-0.2, 0) is 6.54 Å². The van der Waals surface area contributed by atoms with Gasteiger partial charge in [-0.05, 0) is 44.1 Å². The maximum absolute atomic E-state index is 5.17. The number of hydrogen-bond acceptors (Lipinski definition) is 3. The fraction of sp³-hybridized carbons (Fsp3) is 0.571. The number of likely N-dealkylation sites (N-methyl/N-ethyl adjacent to an activating group) is 1. The molecule has 1 aromatic rings. The quantitative estimate of drug-likeness (QED) is 0.861. The third kappa shape index (κ3) is 3.45. The fourth-order valence-corrected chi connectivity index (χ4v) is 2.36. The number of nitrogens with one attached hydrogen (secondary N) is 1. The number of ether oxygens (including phenoxy) is 1. The minimum absolute atomic E-state index is 0.672. The Bertz CT molecular complexity index is 331. The molecule has 1 aliphatic rings. The molecule has 1 aromatic carbocycles. The van der Waals surface area contributed by atoms with Gasteiger partial charge in [0.2, 0.25) is 0 Å². The van der Waals surface area contributed by atoms with E-state index in [-0.39, 0.29) is 0 Å². The topological polar surface area (TPSA) is 24.5 Å². The molecule has 1 aliphatic heterocycles. The van der Waals surface area contributed by atoms with Crippen LogP contribution in [-0.4, -0.2) is 38.2 Å². The van der Waals surface area contributed by atoms with E-state index in [9.17, 15) is 0 Å². The maximum Gasteiger partial charge on any atom is 0.118 e. The Labute approximate surface area is 104 Å².